The quantitative estimate of drug-likeness (QED) is 0.0999. The first-order chi connectivity index (χ1) is 22.7. The molecule has 4 aromatic carbocycles. The number of carbonyl (C=O) groups excluding carboxylic acids is 1. The Morgan fingerprint density at radius 1 is 0.596 bits per heavy atom. The van der Waals surface area contributed by atoms with Gasteiger partial charge in [-0.3, -0.25) is 4.79 Å². The molecule has 0 aliphatic heterocycles. The van der Waals surface area contributed by atoms with Crippen molar-refractivity contribution in [3.8, 4) is 0 Å². The van der Waals surface area contributed by atoms with Gasteiger partial charge in [0.25, 0.3) is 0 Å². The number of benzene rings is 4. The standard InChI is InChI=1S/C25H26O2P.C17H14P.Fe/c1-19(27-25(26)20-11-8-9-12-20)23-17-10-18-24(23)28(21-13-4-2-5-14-21)22-15-6-3-7-16-22;1-3-9-15(10-4-1)18(17-13-7-8-14-17)16-11-5-2-6-12-16;/h2-7,10,13-20H,8-9,11-12H2,1H3;1-14H;/q;;+2/t19-;;/m0../s1. The van der Waals surface area contributed by atoms with Crippen LogP contribution in [0.1, 0.15) is 32.6 Å². The second-order valence-corrected chi connectivity index (χ2v) is 16.0. The van der Waals surface area contributed by atoms with E-state index in [4.69, 9.17) is 4.74 Å². The van der Waals surface area contributed by atoms with Crippen molar-refractivity contribution in [1.29, 1.82) is 0 Å². The summed E-state index contributed by atoms with van der Waals surface area (Å²) in [7, 11) is -1.10. The Balaban J connectivity index is 0.000000197. The Hall–Kier alpha value is -2.27. The molecule has 10 radical (unpaired) electrons. The van der Waals surface area contributed by atoms with Gasteiger partial charge in [-0.05, 0) is 102 Å². The zero-order chi connectivity index (χ0) is 31.6. The maximum Gasteiger partial charge on any atom is 2.00 e. The van der Waals surface area contributed by atoms with Crippen molar-refractivity contribution in [3.63, 3.8) is 0 Å². The predicted octanol–water partition coefficient (Wildman–Crippen LogP) is 8.45. The fourth-order valence-corrected chi connectivity index (χ4v) is 11.0. The molecule has 0 aromatic heterocycles. The van der Waals surface area contributed by atoms with Gasteiger partial charge in [0.15, 0.2) is 0 Å². The van der Waals surface area contributed by atoms with E-state index in [1.807, 2.05) is 6.92 Å². The molecule has 3 aliphatic rings. The summed E-state index contributed by atoms with van der Waals surface area (Å²) in [4.78, 5) is 12.6. The number of rotatable bonds is 9. The summed E-state index contributed by atoms with van der Waals surface area (Å²) in [5.74, 6) is 1.19. The van der Waals surface area contributed by atoms with Gasteiger partial charge in [-0.2, -0.15) is 0 Å². The molecule has 0 N–H and O–H groups in total. The third-order valence-electron chi connectivity index (χ3n) is 8.45. The van der Waals surface area contributed by atoms with E-state index >= 15 is 0 Å². The van der Waals surface area contributed by atoms with Crippen molar-refractivity contribution in [2.24, 2.45) is 5.92 Å². The van der Waals surface area contributed by atoms with E-state index in [1.165, 1.54) is 32.5 Å². The van der Waals surface area contributed by atoms with Gasteiger partial charge in [0.05, 0.1) is 5.92 Å². The maximum absolute atomic E-state index is 12.6. The average Bonchev–Trinajstić information content (AvgIpc) is 3.92. The van der Waals surface area contributed by atoms with Crippen LogP contribution in [0.2, 0.25) is 0 Å². The van der Waals surface area contributed by atoms with E-state index in [2.05, 4.69) is 166 Å². The van der Waals surface area contributed by atoms with Crippen LogP contribution in [-0.2, 0) is 26.6 Å². The zero-order valence-corrected chi connectivity index (χ0v) is 29.5. The van der Waals surface area contributed by atoms with Crippen LogP contribution in [0.5, 0.6) is 0 Å². The molecule has 47 heavy (non-hydrogen) atoms. The number of ether oxygens (including phenoxy) is 1. The fraction of sp³-hybridized carbons (Fsp3) is 0.167. The normalized spacial score (nSPS) is 18.1. The SMILES string of the molecule is C[C@H](OC(=O)C1CCCC1)[C]1[CH][CH][CH][C]1P(c1ccccc1)c1ccccc1.[CH]1[CH][CH][C](P(c2ccccc2)c2ccccc2)[CH]1.[Fe+2]. The van der Waals surface area contributed by atoms with Gasteiger partial charge in [0, 0.05) is 17.2 Å². The minimum Gasteiger partial charge on any atom is -0.462 e. The molecule has 3 fully saturated rings. The van der Waals surface area contributed by atoms with Crippen molar-refractivity contribution in [3.05, 3.63) is 184 Å². The third-order valence-corrected chi connectivity index (χ3v) is 13.4. The molecule has 3 aliphatic carbocycles. The molecule has 2 nitrogen and oxygen atoms in total. The molecule has 7 rings (SSSR count). The Kier molecular flexibility index (Phi) is 14.2. The Labute approximate surface area is 296 Å². The first kappa shape index (κ1) is 36.0. The summed E-state index contributed by atoms with van der Waals surface area (Å²) in [6, 6.07) is 42.8. The Bertz CT molecular complexity index is 1380. The maximum atomic E-state index is 12.6. The third kappa shape index (κ3) is 9.46. The van der Waals surface area contributed by atoms with Crippen LogP contribution in [0.15, 0.2) is 121 Å². The van der Waals surface area contributed by atoms with Crippen molar-refractivity contribution < 1.29 is 26.6 Å². The second-order valence-electron chi connectivity index (χ2n) is 11.6. The van der Waals surface area contributed by atoms with E-state index in [0.717, 1.165) is 31.6 Å². The summed E-state index contributed by atoms with van der Waals surface area (Å²) >= 11 is 0. The van der Waals surface area contributed by atoms with Gasteiger partial charge in [-0.15, -0.1) is 0 Å². The topological polar surface area (TPSA) is 26.3 Å². The van der Waals surface area contributed by atoms with Gasteiger partial charge in [-0.1, -0.05) is 134 Å². The van der Waals surface area contributed by atoms with Crippen molar-refractivity contribution in [1.82, 2.24) is 0 Å². The summed E-state index contributed by atoms with van der Waals surface area (Å²) in [6.07, 6.45) is 19.1. The van der Waals surface area contributed by atoms with Crippen LogP contribution < -0.4 is 21.2 Å². The predicted molar refractivity (Wildman–Crippen MR) is 195 cm³/mol. The van der Waals surface area contributed by atoms with E-state index in [0.29, 0.717) is 0 Å². The molecular formula is C42H40FeO2P2+2. The van der Waals surface area contributed by atoms with Crippen LogP contribution in [0, 0.1) is 68.1 Å². The van der Waals surface area contributed by atoms with E-state index in [-0.39, 0.29) is 35.1 Å². The molecular weight excluding hydrogens is 654 g/mol. The number of hydrogen-bond donors (Lipinski definition) is 0. The summed E-state index contributed by atoms with van der Waals surface area (Å²) in [5.41, 5.74) is 2.70. The molecule has 4 aromatic rings. The second kappa shape index (κ2) is 18.5. The van der Waals surface area contributed by atoms with Gasteiger partial charge in [0.2, 0.25) is 0 Å². The van der Waals surface area contributed by atoms with Gasteiger partial charge >= 0.3 is 23.0 Å². The average molecular weight is 695 g/mol. The van der Waals surface area contributed by atoms with Crippen LogP contribution in [0.4, 0.5) is 0 Å². The number of carbonyl (C=O) groups is 1. The molecule has 0 bridgehead atoms. The van der Waals surface area contributed by atoms with Crippen molar-refractivity contribution >= 4 is 43.0 Å². The van der Waals surface area contributed by atoms with E-state index in [9.17, 15) is 4.79 Å². The fourth-order valence-electron chi connectivity index (χ4n) is 6.16. The summed E-state index contributed by atoms with van der Waals surface area (Å²) < 4.78 is 5.91. The minimum atomic E-state index is -0.689. The van der Waals surface area contributed by atoms with E-state index in [1.54, 1.807) is 0 Å². The van der Waals surface area contributed by atoms with Gasteiger partial charge < -0.3 is 4.74 Å². The largest absolute Gasteiger partial charge is 2.00 e. The molecule has 236 valence electrons. The first-order valence-electron chi connectivity index (χ1n) is 16.2. The molecule has 1 atom stereocenters. The summed E-state index contributed by atoms with van der Waals surface area (Å²) in [6.45, 7) is 2.01. The zero-order valence-electron chi connectivity index (χ0n) is 26.6. The summed E-state index contributed by atoms with van der Waals surface area (Å²) in [5, 5.41) is 5.44. The smallest absolute Gasteiger partial charge is 0.462 e. The van der Waals surface area contributed by atoms with Crippen molar-refractivity contribution in [2.75, 3.05) is 0 Å². The Morgan fingerprint density at radius 3 is 1.47 bits per heavy atom. The molecule has 0 saturated heterocycles. The monoisotopic (exact) mass is 694 g/mol. The van der Waals surface area contributed by atoms with Crippen LogP contribution >= 0.6 is 15.8 Å². The van der Waals surface area contributed by atoms with Gasteiger partial charge in [-0.25, -0.2) is 0 Å². The molecule has 0 amide bonds. The molecule has 3 saturated carbocycles. The number of esters is 1. The molecule has 0 spiro atoms. The Morgan fingerprint density at radius 2 is 1.02 bits per heavy atom. The first-order valence-corrected chi connectivity index (χ1v) is 18.9. The van der Waals surface area contributed by atoms with Crippen LogP contribution in [0.3, 0.4) is 0 Å². The van der Waals surface area contributed by atoms with E-state index < -0.39 is 15.8 Å². The van der Waals surface area contributed by atoms with Crippen LogP contribution in [-0.4, -0.2) is 12.1 Å². The molecule has 0 heterocycles. The minimum absolute atomic E-state index is 0. The number of hydrogen-bond acceptors (Lipinski definition) is 2. The molecule has 0 unspecified atom stereocenters. The molecule has 5 heteroatoms. The van der Waals surface area contributed by atoms with Gasteiger partial charge in [0.1, 0.15) is 6.10 Å². The van der Waals surface area contributed by atoms with Crippen LogP contribution in [0.25, 0.3) is 0 Å². The van der Waals surface area contributed by atoms with Crippen molar-refractivity contribution in [2.45, 2.75) is 38.7 Å².